The molecule has 1 heterocycles. The Morgan fingerprint density at radius 1 is 1.29 bits per heavy atom. The van der Waals surface area contributed by atoms with Crippen molar-refractivity contribution in [3.05, 3.63) is 11.9 Å². The lowest BCUT2D eigenvalue weighted by molar-refractivity contribution is 0.147. The third-order valence-corrected chi connectivity index (χ3v) is 3.33. The SMILES string of the molecule is CCc1c(NC)ncnc1OC1CCCCC1. The summed E-state index contributed by atoms with van der Waals surface area (Å²) in [5, 5.41) is 3.09. The predicted octanol–water partition coefficient (Wildman–Crippen LogP) is 2.79. The van der Waals surface area contributed by atoms with Crippen LogP contribution >= 0.6 is 0 Å². The van der Waals surface area contributed by atoms with Crippen LogP contribution in [0.25, 0.3) is 0 Å². The van der Waals surface area contributed by atoms with Gasteiger partial charge in [-0.3, -0.25) is 0 Å². The lowest BCUT2D eigenvalue weighted by Gasteiger charge is -2.23. The average molecular weight is 235 g/mol. The molecule has 4 heteroatoms. The highest BCUT2D eigenvalue weighted by molar-refractivity contribution is 5.48. The molecule has 0 atom stereocenters. The van der Waals surface area contributed by atoms with Gasteiger partial charge in [-0.15, -0.1) is 0 Å². The van der Waals surface area contributed by atoms with Gasteiger partial charge in [-0.2, -0.15) is 0 Å². The molecule has 0 bridgehead atoms. The van der Waals surface area contributed by atoms with Gasteiger partial charge in [-0.1, -0.05) is 13.3 Å². The minimum absolute atomic E-state index is 0.341. The minimum atomic E-state index is 0.341. The number of ether oxygens (including phenoxy) is 1. The van der Waals surface area contributed by atoms with E-state index in [9.17, 15) is 0 Å². The molecule has 94 valence electrons. The highest BCUT2D eigenvalue weighted by Gasteiger charge is 2.18. The standard InChI is InChI=1S/C13H21N3O/c1-3-11-12(14-2)15-9-16-13(11)17-10-7-5-4-6-8-10/h9-10H,3-8H2,1-2H3,(H,14,15,16). The van der Waals surface area contributed by atoms with Crippen molar-refractivity contribution in [3.63, 3.8) is 0 Å². The zero-order valence-electron chi connectivity index (χ0n) is 10.7. The van der Waals surface area contributed by atoms with E-state index in [-0.39, 0.29) is 0 Å². The van der Waals surface area contributed by atoms with Crippen molar-refractivity contribution in [2.24, 2.45) is 0 Å². The molecule has 0 unspecified atom stereocenters. The topological polar surface area (TPSA) is 47.0 Å². The number of hydrogen-bond acceptors (Lipinski definition) is 4. The molecule has 0 amide bonds. The maximum atomic E-state index is 6.03. The predicted molar refractivity (Wildman–Crippen MR) is 68.5 cm³/mol. The summed E-state index contributed by atoms with van der Waals surface area (Å²) >= 11 is 0. The first-order valence-corrected chi connectivity index (χ1v) is 6.53. The van der Waals surface area contributed by atoms with Crippen LogP contribution in [0.15, 0.2) is 6.33 Å². The van der Waals surface area contributed by atoms with Gasteiger partial charge in [0.1, 0.15) is 18.2 Å². The minimum Gasteiger partial charge on any atom is -0.474 e. The monoisotopic (exact) mass is 235 g/mol. The third kappa shape index (κ3) is 2.87. The molecule has 1 saturated carbocycles. The first kappa shape index (κ1) is 12.1. The van der Waals surface area contributed by atoms with Gasteiger partial charge in [0.2, 0.25) is 5.88 Å². The summed E-state index contributed by atoms with van der Waals surface area (Å²) in [6.45, 7) is 2.10. The van der Waals surface area contributed by atoms with E-state index in [0.717, 1.165) is 36.5 Å². The molecule has 1 aromatic rings. The van der Waals surface area contributed by atoms with Gasteiger partial charge in [0.05, 0.1) is 5.56 Å². The van der Waals surface area contributed by atoms with Crippen LogP contribution in [0.4, 0.5) is 5.82 Å². The Bertz CT molecular complexity index is 362. The molecule has 1 aromatic heterocycles. The molecule has 0 radical (unpaired) electrons. The molecule has 2 rings (SSSR count). The molecule has 1 aliphatic carbocycles. The van der Waals surface area contributed by atoms with E-state index in [1.165, 1.54) is 19.3 Å². The summed E-state index contributed by atoms with van der Waals surface area (Å²) in [6.07, 6.45) is 9.00. The van der Waals surface area contributed by atoms with E-state index < -0.39 is 0 Å². The zero-order chi connectivity index (χ0) is 12.1. The number of nitrogens with zero attached hydrogens (tertiary/aromatic N) is 2. The van der Waals surface area contributed by atoms with Crippen LogP contribution in [0.5, 0.6) is 5.88 Å². The van der Waals surface area contributed by atoms with Crippen LogP contribution < -0.4 is 10.1 Å². The fraction of sp³-hybridized carbons (Fsp3) is 0.692. The van der Waals surface area contributed by atoms with E-state index in [4.69, 9.17) is 4.74 Å². The average Bonchev–Trinajstić information content (AvgIpc) is 2.39. The number of hydrogen-bond donors (Lipinski definition) is 1. The van der Waals surface area contributed by atoms with Gasteiger partial charge < -0.3 is 10.1 Å². The van der Waals surface area contributed by atoms with Crippen molar-refractivity contribution in [1.82, 2.24) is 9.97 Å². The summed E-state index contributed by atoms with van der Waals surface area (Å²) in [5.74, 6) is 1.65. The van der Waals surface area contributed by atoms with Crippen LogP contribution in [0.1, 0.15) is 44.6 Å². The smallest absolute Gasteiger partial charge is 0.222 e. The fourth-order valence-electron chi connectivity index (χ4n) is 2.37. The van der Waals surface area contributed by atoms with Crippen molar-refractivity contribution < 1.29 is 4.74 Å². The Labute approximate surface area is 103 Å². The van der Waals surface area contributed by atoms with Crippen molar-refractivity contribution >= 4 is 5.82 Å². The van der Waals surface area contributed by atoms with Gasteiger partial charge in [-0.05, 0) is 32.1 Å². The van der Waals surface area contributed by atoms with Crippen molar-refractivity contribution in [2.75, 3.05) is 12.4 Å². The quantitative estimate of drug-likeness (QED) is 0.871. The molecular weight excluding hydrogens is 214 g/mol. The van der Waals surface area contributed by atoms with E-state index in [1.807, 2.05) is 7.05 Å². The van der Waals surface area contributed by atoms with Crippen molar-refractivity contribution in [3.8, 4) is 5.88 Å². The largest absolute Gasteiger partial charge is 0.474 e. The van der Waals surface area contributed by atoms with E-state index in [1.54, 1.807) is 6.33 Å². The second-order valence-corrected chi connectivity index (χ2v) is 4.49. The van der Waals surface area contributed by atoms with Crippen molar-refractivity contribution in [2.45, 2.75) is 51.6 Å². The van der Waals surface area contributed by atoms with E-state index >= 15 is 0 Å². The summed E-state index contributed by atoms with van der Waals surface area (Å²) in [7, 11) is 1.88. The van der Waals surface area contributed by atoms with Crippen molar-refractivity contribution in [1.29, 1.82) is 0 Å². The molecule has 1 aliphatic rings. The van der Waals surface area contributed by atoms with Crippen LogP contribution in [-0.2, 0) is 6.42 Å². The Morgan fingerprint density at radius 2 is 2.06 bits per heavy atom. The highest BCUT2D eigenvalue weighted by atomic mass is 16.5. The number of rotatable bonds is 4. The van der Waals surface area contributed by atoms with Gasteiger partial charge in [0, 0.05) is 7.05 Å². The summed E-state index contributed by atoms with van der Waals surface area (Å²) in [5.41, 5.74) is 1.08. The molecule has 0 aliphatic heterocycles. The molecule has 0 spiro atoms. The number of aromatic nitrogens is 2. The Hall–Kier alpha value is -1.32. The Kier molecular flexibility index (Phi) is 4.18. The molecule has 1 fully saturated rings. The third-order valence-electron chi connectivity index (χ3n) is 3.33. The van der Waals surface area contributed by atoms with Gasteiger partial charge in [-0.25, -0.2) is 9.97 Å². The fourth-order valence-corrected chi connectivity index (χ4v) is 2.37. The van der Waals surface area contributed by atoms with Crippen LogP contribution in [0, 0.1) is 0 Å². The van der Waals surface area contributed by atoms with E-state index in [0.29, 0.717) is 6.10 Å². The van der Waals surface area contributed by atoms with Gasteiger partial charge in [0.15, 0.2) is 0 Å². The molecule has 4 nitrogen and oxygen atoms in total. The van der Waals surface area contributed by atoms with E-state index in [2.05, 4.69) is 22.2 Å². The second-order valence-electron chi connectivity index (χ2n) is 4.49. The Balaban J connectivity index is 2.13. The number of anilines is 1. The zero-order valence-corrected chi connectivity index (χ0v) is 10.7. The lowest BCUT2D eigenvalue weighted by atomic mass is 9.98. The Morgan fingerprint density at radius 3 is 2.71 bits per heavy atom. The molecular formula is C13H21N3O. The molecule has 1 N–H and O–H groups in total. The lowest BCUT2D eigenvalue weighted by Crippen LogP contribution is -2.21. The number of nitrogens with one attached hydrogen (secondary N) is 1. The van der Waals surface area contributed by atoms with Gasteiger partial charge >= 0.3 is 0 Å². The maximum Gasteiger partial charge on any atom is 0.222 e. The summed E-state index contributed by atoms with van der Waals surface area (Å²) in [4.78, 5) is 8.50. The van der Waals surface area contributed by atoms with Crippen LogP contribution in [0.3, 0.4) is 0 Å². The van der Waals surface area contributed by atoms with Crippen LogP contribution in [-0.4, -0.2) is 23.1 Å². The highest BCUT2D eigenvalue weighted by Crippen LogP contribution is 2.27. The molecule has 17 heavy (non-hydrogen) atoms. The molecule has 0 aromatic carbocycles. The first-order valence-electron chi connectivity index (χ1n) is 6.53. The van der Waals surface area contributed by atoms with Gasteiger partial charge in [0.25, 0.3) is 0 Å². The maximum absolute atomic E-state index is 6.03. The summed E-state index contributed by atoms with van der Waals surface area (Å²) < 4.78 is 6.03. The summed E-state index contributed by atoms with van der Waals surface area (Å²) in [6, 6.07) is 0. The molecule has 0 saturated heterocycles. The second kappa shape index (κ2) is 5.84. The normalized spacial score (nSPS) is 16.8. The van der Waals surface area contributed by atoms with Crippen LogP contribution in [0.2, 0.25) is 0 Å². The first-order chi connectivity index (χ1) is 8.35.